The van der Waals surface area contributed by atoms with Crippen LogP contribution in [0.2, 0.25) is 5.02 Å². The number of ether oxygens (including phenoxy) is 1. The van der Waals surface area contributed by atoms with Gasteiger partial charge in [-0.1, -0.05) is 36.4 Å². The summed E-state index contributed by atoms with van der Waals surface area (Å²) in [5.41, 5.74) is 4.65. The average Bonchev–Trinajstić information content (AvgIpc) is 2.76. The van der Waals surface area contributed by atoms with Crippen molar-refractivity contribution in [2.45, 2.75) is 50.0 Å². The van der Waals surface area contributed by atoms with Crippen molar-refractivity contribution in [2.24, 2.45) is 5.92 Å². The third kappa shape index (κ3) is 5.56. The van der Waals surface area contributed by atoms with Crippen molar-refractivity contribution in [3.05, 3.63) is 70.3 Å². The molecule has 2 aromatic rings. The van der Waals surface area contributed by atoms with Gasteiger partial charge in [-0.05, 0) is 85.0 Å². The fraction of sp³-hybridized carbons (Fsp3) is 0.375. The standard InChI is InChI=1S/C24H28ClNO4S/c1-4-17-5-6-19-15-18(7-12-23(19)22(17)13-14-24(27)30-3)16(2)26-31(28,29)21-10-8-20(25)9-11-21/h4-6,8-11,16,18,26H,1,7,12-15H2,2-3H3. The molecule has 0 spiro atoms. The Bertz CT molecular complexity index is 1060. The van der Waals surface area contributed by atoms with Crippen molar-refractivity contribution in [3.63, 3.8) is 0 Å². The summed E-state index contributed by atoms with van der Waals surface area (Å²) >= 11 is 5.87. The van der Waals surface area contributed by atoms with Gasteiger partial charge in [-0.3, -0.25) is 4.79 Å². The first-order chi connectivity index (χ1) is 14.7. The van der Waals surface area contributed by atoms with Crippen LogP contribution in [0.5, 0.6) is 0 Å². The van der Waals surface area contributed by atoms with Crippen LogP contribution in [0, 0.1) is 5.92 Å². The molecular formula is C24H28ClNO4S. The Morgan fingerprint density at radius 3 is 2.65 bits per heavy atom. The summed E-state index contributed by atoms with van der Waals surface area (Å²) in [6.45, 7) is 5.82. The van der Waals surface area contributed by atoms with Crippen molar-refractivity contribution in [2.75, 3.05) is 7.11 Å². The van der Waals surface area contributed by atoms with E-state index in [2.05, 4.69) is 17.4 Å². The number of nitrogens with one attached hydrogen (secondary N) is 1. The molecule has 166 valence electrons. The Balaban J connectivity index is 1.76. The number of fused-ring (bicyclic) bond motifs is 1. The molecule has 0 aliphatic heterocycles. The maximum atomic E-state index is 12.7. The lowest BCUT2D eigenvalue weighted by molar-refractivity contribution is -0.140. The van der Waals surface area contributed by atoms with Crippen LogP contribution in [-0.2, 0) is 38.8 Å². The van der Waals surface area contributed by atoms with Crippen LogP contribution in [0.15, 0.2) is 47.9 Å². The minimum atomic E-state index is -3.62. The topological polar surface area (TPSA) is 72.5 Å². The van der Waals surface area contributed by atoms with Gasteiger partial charge in [0, 0.05) is 17.5 Å². The minimum absolute atomic E-state index is 0.178. The number of halogens is 1. The van der Waals surface area contributed by atoms with Gasteiger partial charge in [0.25, 0.3) is 0 Å². The number of methoxy groups -OCH3 is 1. The van der Waals surface area contributed by atoms with Gasteiger partial charge in [0.05, 0.1) is 12.0 Å². The summed E-state index contributed by atoms with van der Waals surface area (Å²) in [6, 6.07) is 10.1. The lowest BCUT2D eigenvalue weighted by Crippen LogP contribution is -2.40. The number of hydrogen-bond acceptors (Lipinski definition) is 4. The molecule has 2 aromatic carbocycles. The van der Waals surface area contributed by atoms with E-state index in [1.165, 1.54) is 30.4 Å². The van der Waals surface area contributed by atoms with Crippen LogP contribution in [0.25, 0.3) is 6.08 Å². The van der Waals surface area contributed by atoms with E-state index in [4.69, 9.17) is 16.3 Å². The molecule has 0 radical (unpaired) electrons. The fourth-order valence-electron chi connectivity index (χ4n) is 4.24. The van der Waals surface area contributed by atoms with E-state index in [0.717, 1.165) is 30.4 Å². The SMILES string of the molecule is C=Cc1ccc2c(c1CCC(=O)OC)CCC(C(C)NS(=O)(=O)c1ccc(Cl)cc1)C2. The Morgan fingerprint density at radius 2 is 2.00 bits per heavy atom. The number of hydrogen-bond donors (Lipinski definition) is 1. The highest BCUT2D eigenvalue weighted by Crippen LogP contribution is 2.33. The van der Waals surface area contributed by atoms with Crippen LogP contribution in [0.1, 0.15) is 42.0 Å². The predicted molar refractivity (Wildman–Crippen MR) is 124 cm³/mol. The van der Waals surface area contributed by atoms with E-state index in [1.54, 1.807) is 12.1 Å². The fourth-order valence-corrected chi connectivity index (χ4v) is 5.68. The largest absolute Gasteiger partial charge is 0.469 e. The predicted octanol–water partition coefficient (Wildman–Crippen LogP) is 4.56. The molecular weight excluding hydrogens is 434 g/mol. The zero-order chi connectivity index (χ0) is 22.6. The summed E-state index contributed by atoms with van der Waals surface area (Å²) in [5.74, 6) is -0.0517. The van der Waals surface area contributed by atoms with Crippen molar-refractivity contribution in [1.29, 1.82) is 0 Å². The first kappa shape index (κ1) is 23.5. The van der Waals surface area contributed by atoms with Crippen LogP contribution >= 0.6 is 11.6 Å². The van der Waals surface area contributed by atoms with Crippen LogP contribution in [0.4, 0.5) is 0 Å². The monoisotopic (exact) mass is 461 g/mol. The summed E-state index contributed by atoms with van der Waals surface area (Å²) in [6.07, 6.45) is 5.24. The summed E-state index contributed by atoms with van der Waals surface area (Å²) in [4.78, 5) is 11.9. The van der Waals surface area contributed by atoms with E-state index < -0.39 is 10.0 Å². The molecule has 3 rings (SSSR count). The lowest BCUT2D eigenvalue weighted by Gasteiger charge is -2.31. The zero-order valence-corrected chi connectivity index (χ0v) is 19.4. The molecule has 1 aliphatic carbocycles. The second-order valence-corrected chi connectivity index (χ2v) is 10.1. The molecule has 1 aliphatic rings. The molecule has 0 bridgehead atoms. The number of benzene rings is 2. The van der Waals surface area contributed by atoms with E-state index in [9.17, 15) is 13.2 Å². The van der Waals surface area contributed by atoms with E-state index in [0.29, 0.717) is 17.9 Å². The number of esters is 1. The van der Waals surface area contributed by atoms with Gasteiger partial charge in [0.1, 0.15) is 0 Å². The molecule has 7 heteroatoms. The van der Waals surface area contributed by atoms with Crippen LogP contribution in [0.3, 0.4) is 0 Å². The number of carbonyl (C=O) groups excluding carboxylic acids is 1. The van der Waals surface area contributed by atoms with E-state index in [1.807, 2.05) is 19.1 Å². The molecule has 0 saturated heterocycles. The van der Waals surface area contributed by atoms with Crippen molar-refractivity contribution in [3.8, 4) is 0 Å². The Hall–Kier alpha value is -2.15. The zero-order valence-electron chi connectivity index (χ0n) is 17.9. The number of carbonyl (C=O) groups is 1. The Labute approximate surface area is 189 Å². The molecule has 0 aromatic heterocycles. The molecule has 0 amide bonds. The third-order valence-electron chi connectivity index (χ3n) is 6.01. The summed E-state index contributed by atoms with van der Waals surface area (Å²) in [5, 5.41) is 0.498. The minimum Gasteiger partial charge on any atom is -0.469 e. The Morgan fingerprint density at radius 1 is 1.29 bits per heavy atom. The van der Waals surface area contributed by atoms with Gasteiger partial charge in [-0.25, -0.2) is 13.1 Å². The first-order valence-corrected chi connectivity index (χ1v) is 12.2. The number of sulfonamides is 1. The van der Waals surface area contributed by atoms with Gasteiger partial charge < -0.3 is 4.74 Å². The van der Waals surface area contributed by atoms with Gasteiger partial charge in [-0.2, -0.15) is 0 Å². The molecule has 0 saturated carbocycles. The van der Waals surface area contributed by atoms with Gasteiger partial charge in [0.15, 0.2) is 0 Å². The van der Waals surface area contributed by atoms with E-state index in [-0.39, 0.29) is 22.8 Å². The molecule has 0 fully saturated rings. The second-order valence-electron chi connectivity index (χ2n) is 7.92. The third-order valence-corrected chi connectivity index (χ3v) is 7.84. The highest BCUT2D eigenvalue weighted by atomic mass is 35.5. The lowest BCUT2D eigenvalue weighted by atomic mass is 9.77. The van der Waals surface area contributed by atoms with Crippen LogP contribution in [-0.4, -0.2) is 27.5 Å². The normalized spacial score (nSPS) is 16.9. The van der Waals surface area contributed by atoms with Crippen molar-refractivity contribution >= 4 is 33.7 Å². The maximum Gasteiger partial charge on any atom is 0.305 e. The highest BCUT2D eigenvalue weighted by molar-refractivity contribution is 7.89. The maximum absolute atomic E-state index is 12.7. The molecule has 2 unspecified atom stereocenters. The van der Waals surface area contributed by atoms with Crippen molar-refractivity contribution in [1.82, 2.24) is 4.72 Å². The van der Waals surface area contributed by atoms with Gasteiger partial charge >= 0.3 is 5.97 Å². The smallest absolute Gasteiger partial charge is 0.305 e. The van der Waals surface area contributed by atoms with Crippen molar-refractivity contribution < 1.29 is 17.9 Å². The average molecular weight is 462 g/mol. The molecule has 1 N–H and O–H groups in total. The first-order valence-electron chi connectivity index (χ1n) is 10.4. The quantitative estimate of drug-likeness (QED) is 0.585. The summed E-state index contributed by atoms with van der Waals surface area (Å²) < 4.78 is 33.1. The Kier molecular flexibility index (Phi) is 7.57. The molecule has 2 atom stereocenters. The van der Waals surface area contributed by atoms with Gasteiger partial charge in [0.2, 0.25) is 10.0 Å². The van der Waals surface area contributed by atoms with Crippen LogP contribution < -0.4 is 4.72 Å². The van der Waals surface area contributed by atoms with Gasteiger partial charge in [-0.15, -0.1) is 0 Å². The molecule has 5 nitrogen and oxygen atoms in total. The second kappa shape index (κ2) is 9.98. The van der Waals surface area contributed by atoms with E-state index >= 15 is 0 Å². The number of rotatable bonds is 8. The summed E-state index contributed by atoms with van der Waals surface area (Å²) in [7, 11) is -2.22. The highest BCUT2D eigenvalue weighted by Gasteiger charge is 2.29. The molecule has 31 heavy (non-hydrogen) atoms. The molecule has 0 heterocycles.